The zero-order valence-electron chi connectivity index (χ0n) is 13.2. The van der Waals surface area contributed by atoms with Crippen LogP contribution in [0.5, 0.6) is 0 Å². The summed E-state index contributed by atoms with van der Waals surface area (Å²) in [5.41, 5.74) is 1.38. The molecule has 1 unspecified atom stereocenters. The van der Waals surface area contributed by atoms with Crippen LogP contribution in [-0.4, -0.2) is 21.9 Å². The van der Waals surface area contributed by atoms with Crippen LogP contribution in [0.1, 0.15) is 32.4 Å². The van der Waals surface area contributed by atoms with Crippen molar-refractivity contribution in [2.24, 2.45) is 0 Å². The van der Waals surface area contributed by atoms with Gasteiger partial charge in [0.25, 0.3) is 0 Å². The monoisotopic (exact) mass is 315 g/mol. The molecule has 1 aromatic heterocycles. The summed E-state index contributed by atoms with van der Waals surface area (Å²) in [6.07, 6.45) is 1.35. The van der Waals surface area contributed by atoms with Gasteiger partial charge in [0.15, 0.2) is 0 Å². The lowest BCUT2D eigenvalue weighted by atomic mass is 9.95. The topological polar surface area (TPSA) is 56.2 Å². The Balaban J connectivity index is 2.15. The van der Waals surface area contributed by atoms with Crippen LogP contribution in [0.15, 0.2) is 47.8 Å². The van der Waals surface area contributed by atoms with Gasteiger partial charge in [0.1, 0.15) is 17.7 Å². The summed E-state index contributed by atoms with van der Waals surface area (Å²) < 4.78 is 21.3. The highest BCUT2D eigenvalue weighted by atomic mass is 19.1. The van der Waals surface area contributed by atoms with Crippen molar-refractivity contribution in [2.45, 2.75) is 32.9 Å². The normalized spacial score (nSPS) is 17.0. The molecule has 0 bridgehead atoms. The lowest BCUT2D eigenvalue weighted by molar-refractivity contribution is -0.143. The number of anilines is 1. The van der Waals surface area contributed by atoms with E-state index in [9.17, 15) is 9.18 Å². The third-order valence-electron chi connectivity index (χ3n) is 3.67. The highest BCUT2D eigenvalue weighted by Crippen LogP contribution is 2.37. The number of hydrogen-bond acceptors (Lipinski definition) is 4. The largest absolute Gasteiger partial charge is 0.459 e. The molecule has 0 radical (unpaired) electrons. The molecule has 23 heavy (non-hydrogen) atoms. The van der Waals surface area contributed by atoms with E-state index in [1.54, 1.807) is 55.9 Å². The van der Waals surface area contributed by atoms with Gasteiger partial charge in [-0.2, -0.15) is 5.10 Å². The van der Waals surface area contributed by atoms with Gasteiger partial charge in [-0.15, -0.1) is 0 Å². The van der Waals surface area contributed by atoms with Crippen molar-refractivity contribution in [1.29, 1.82) is 0 Å². The number of allylic oxidation sites excluding steroid dienone is 1. The van der Waals surface area contributed by atoms with Crippen LogP contribution >= 0.6 is 0 Å². The molecule has 0 saturated carbocycles. The molecule has 1 aliphatic heterocycles. The molecule has 2 aromatic rings. The summed E-state index contributed by atoms with van der Waals surface area (Å²) in [7, 11) is 0. The molecule has 1 aromatic carbocycles. The van der Waals surface area contributed by atoms with Gasteiger partial charge in [-0.05, 0) is 26.8 Å². The average molecular weight is 315 g/mol. The SMILES string of the molecule is CC1=C(C(=O)OC(C)C)C(c2ccccc2F)n2nccc2N1. The van der Waals surface area contributed by atoms with E-state index in [0.717, 1.165) is 0 Å². The molecule has 0 spiro atoms. The van der Waals surface area contributed by atoms with Gasteiger partial charge < -0.3 is 10.1 Å². The number of carbonyl (C=O) groups excluding carboxylic acids is 1. The first-order chi connectivity index (χ1) is 11.0. The Hall–Kier alpha value is -2.63. The van der Waals surface area contributed by atoms with Crippen molar-refractivity contribution in [3.63, 3.8) is 0 Å². The molecule has 2 heterocycles. The number of nitrogens with one attached hydrogen (secondary N) is 1. The van der Waals surface area contributed by atoms with Crippen LogP contribution < -0.4 is 5.32 Å². The maximum Gasteiger partial charge on any atom is 0.338 e. The number of aromatic nitrogens is 2. The Kier molecular flexibility index (Phi) is 3.90. The van der Waals surface area contributed by atoms with Gasteiger partial charge in [0.05, 0.1) is 17.9 Å². The smallest absolute Gasteiger partial charge is 0.338 e. The van der Waals surface area contributed by atoms with Crippen LogP contribution in [0.2, 0.25) is 0 Å². The molecule has 120 valence electrons. The minimum absolute atomic E-state index is 0.261. The lowest BCUT2D eigenvalue weighted by Crippen LogP contribution is -2.30. The van der Waals surface area contributed by atoms with E-state index in [-0.39, 0.29) is 11.9 Å². The number of ether oxygens (including phenoxy) is 1. The maximum absolute atomic E-state index is 14.4. The molecule has 0 fully saturated rings. The zero-order valence-corrected chi connectivity index (χ0v) is 13.2. The zero-order chi connectivity index (χ0) is 16.6. The van der Waals surface area contributed by atoms with Crippen LogP contribution in [0.4, 0.5) is 10.2 Å². The first-order valence-corrected chi connectivity index (χ1v) is 7.45. The molecule has 1 atom stereocenters. The number of carbonyl (C=O) groups is 1. The van der Waals surface area contributed by atoms with Crippen molar-refractivity contribution < 1.29 is 13.9 Å². The van der Waals surface area contributed by atoms with Gasteiger partial charge in [0.2, 0.25) is 0 Å². The lowest BCUT2D eigenvalue weighted by Gasteiger charge is -2.29. The third kappa shape index (κ3) is 2.72. The summed E-state index contributed by atoms with van der Waals surface area (Å²) in [5, 5.41) is 7.37. The van der Waals surface area contributed by atoms with Crippen LogP contribution in [0.25, 0.3) is 0 Å². The Morgan fingerprint density at radius 2 is 2.09 bits per heavy atom. The van der Waals surface area contributed by atoms with Gasteiger partial charge in [0, 0.05) is 17.3 Å². The number of fused-ring (bicyclic) bond motifs is 1. The van der Waals surface area contributed by atoms with Crippen LogP contribution in [0.3, 0.4) is 0 Å². The maximum atomic E-state index is 14.4. The van der Waals surface area contributed by atoms with Gasteiger partial charge >= 0.3 is 5.97 Å². The van der Waals surface area contributed by atoms with Crippen molar-refractivity contribution >= 4 is 11.8 Å². The predicted octanol–water partition coefficient (Wildman–Crippen LogP) is 3.26. The van der Waals surface area contributed by atoms with Crippen molar-refractivity contribution in [3.8, 4) is 0 Å². The second-order valence-corrected chi connectivity index (χ2v) is 5.70. The molecule has 0 aliphatic carbocycles. The third-order valence-corrected chi connectivity index (χ3v) is 3.67. The van der Waals surface area contributed by atoms with Crippen molar-refractivity contribution in [1.82, 2.24) is 9.78 Å². The van der Waals surface area contributed by atoms with E-state index >= 15 is 0 Å². The Bertz CT molecular complexity index is 780. The fraction of sp³-hybridized carbons (Fsp3) is 0.294. The first-order valence-electron chi connectivity index (χ1n) is 7.45. The minimum Gasteiger partial charge on any atom is -0.459 e. The quantitative estimate of drug-likeness (QED) is 0.883. The molecule has 1 N–H and O–H groups in total. The molecular weight excluding hydrogens is 297 g/mol. The minimum atomic E-state index is -0.659. The van der Waals surface area contributed by atoms with Crippen molar-refractivity contribution in [3.05, 3.63) is 59.2 Å². The predicted molar refractivity (Wildman–Crippen MR) is 84.3 cm³/mol. The Morgan fingerprint density at radius 1 is 1.35 bits per heavy atom. The first kappa shape index (κ1) is 15.3. The summed E-state index contributed by atoms with van der Waals surface area (Å²) in [5.74, 6) is -0.153. The average Bonchev–Trinajstić information content (AvgIpc) is 2.93. The van der Waals surface area contributed by atoms with E-state index < -0.39 is 12.0 Å². The van der Waals surface area contributed by atoms with E-state index in [4.69, 9.17) is 4.74 Å². The molecule has 1 aliphatic rings. The number of hydrogen-bond donors (Lipinski definition) is 1. The number of esters is 1. The summed E-state index contributed by atoms with van der Waals surface area (Å²) in [6.45, 7) is 5.34. The fourth-order valence-electron chi connectivity index (χ4n) is 2.73. The summed E-state index contributed by atoms with van der Waals surface area (Å²) in [4.78, 5) is 12.6. The molecule has 5 nitrogen and oxygen atoms in total. The second kappa shape index (κ2) is 5.87. The molecular formula is C17H18FN3O2. The van der Waals surface area contributed by atoms with Gasteiger partial charge in [-0.25, -0.2) is 13.9 Å². The highest BCUT2D eigenvalue weighted by molar-refractivity contribution is 5.92. The molecule has 0 saturated heterocycles. The number of halogens is 1. The van der Waals surface area contributed by atoms with Gasteiger partial charge in [-0.3, -0.25) is 0 Å². The molecule has 0 amide bonds. The number of nitrogens with zero attached hydrogens (tertiary/aromatic N) is 2. The van der Waals surface area contributed by atoms with E-state index in [0.29, 0.717) is 22.7 Å². The highest BCUT2D eigenvalue weighted by Gasteiger charge is 2.35. The number of rotatable bonds is 3. The Morgan fingerprint density at radius 3 is 2.78 bits per heavy atom. The fourth-order valence-corrected chi connectivity index (χ4v) is 2.73. The van der Waals surface area contributed by atoms with E-state index in [1.165, 1.54) is 6.07 Å². The van der Waals surface area contributed by atoms with Crippen LogP contribution in [-0.2, 0) is 9.53 Å². The standard InChI is InChI=1S/C17H18FN3O2/c1-10(2)23-17(22)15-11(3)20-14-8-9-19-21(14)16(15)12-6-4-5-7-13(12)18/h4-10,16,20H,1-3H3. The molecule has 3 rings (SSSR count). The summed E-state index contributed by atoms with van der Waals surface area (Å²) >= 11 is 0. The van der Waals surface area contributed by atoms with Crippen molar-refractivity contribution in [2.75, 3.05) is 5.32 Å². The second-order valence-electron chi connectivity index (χ2n) is 5.70. The van der Waals surface area contributed by atoms with Gasteiger partial charge in [-0.1, -0.05) is 18.2 Å². The summed E-state index contributed by atoms with van der Waals surface area (Å²) in [6, 6.07) is 7.51. The molecule has 6 heteroatoms. The number of benzene rings is 1. The van der Waals surface area contributed by atoms with E-state index in [2.05, 4.69) is 10.4 Å². The van der Waals surface area contributed by atoms with Crippen LogP contribution in [0, 0.1) is 5.82 Å². The van der Waals surface area contributed by atoms with E-state index in [1.807, 2.05) is 0 Å². The Labute approximate surface area is 133 Å².